The summed E-state index contributed by atoms with van der Waals surface area (Å²) in [7, 11) is 0. The van der Waals surface area contributed by atoms with Gasteiger partial charge in [-0.25, -0.2) is 10.2 Å². The maximum absolute atomic E-state index is 12.8. The second kappa shape index (κ2) is 12.3. The van der Waals surface area contributed by atoms with Crippen LogP contribution in [-0.4, -0.2) is 69.6 Å². The van der Waals surface area contributed by atoms with Crippen LogP contribution in [0.1, 0.15) is 54.4 Å². The zero-order valence-corrected chi connectivity index (χ0v) is 21.9. The van der Waals surface area contributed by atoms with E-state index in [2.05, 4.69) is 16.1 Å². The van der Waals surface area contributed by atoms with Gasteiger partial charge in [-0.05, 0) is 46.5 Å². The molecule has 10 nitrogen and oxygen atoms in total. The van der Waals surface area contributed by atoms with Crippen molar-refractivity contribution in [3.05, 3.63) is 0 Å². The van der Waals surface area contributed by atoms with Crippen LogP contribution in [0.25, 0.3) is 0 Å². The average molecular weight is 532 g/mol. The Bertz CT molecular complexity index is 724. The van der Waals surface area contributed by atoms with E-state index in [-0.39, 0.29) is 5.92 Å². The van der Waals surface area contributed by atoms with Crippen LogP contribution in [0.15, 0.2) is 0 Å². The largest absolute Gasteiger partial charge is 0.460 e. The van der Waals surface area contributed by atoms with E-state index in [9.17, 15) is 19.2 Å². The summed E-state index contributed by atoms with van der Waals surface area (Å²) in [5.41, 5.74) is 2.07. The van der Waals surface area contributed by atoms with E-state index in [4.69, 9.17) is 44.3 Å². The highest BCUT2D eigenvalue weighted by Gasteiger charge is 2.34. The molecule has 3 atom stereocenters. The molecule has 3 N–H and O–H groups in total. The fourth-order valence-corrected chi connectivity index (χ4v) is 3.10. The first-order valence-electron chi connectivity index (χ1n) is 10.6. The zero-order valence-electron chi connectivity index (χ0n) is 19.7. The molecule has 33 heavy (non-hydrogen) atoms. The van der Waals surface area contributed by atoms with Crippen LogP contribution in [0, 0.1) is 5.92 Å². The SMILES string of the molecule is CC(NC(=O)[C@@H](NC(=O)OC(C)(C)C)C(C)C)C(=O)N1CCC[C@@H](C(=O)OCC(Cl)(Cl)Cl)N1. The summed E-state index contributed by atoms with van der Waals surface area (Å²) in [6, 6.07) is -2.63. The van der Waals surface area contributed by atoms with Crippen molar-refractivity contribution in [3.63, 3.8) is 0 Å². The number of nitrogens with one attached hydrogen (secondary N) is 3. The van der Waals surface area contributed by atoms with E-state index in [1.54, 1.807) is 34.6 Å². The quantitative estimate of drug-likeness (QED) is 0.340. The number of amides is 3. The second-order valence-electron chi connectivity index (χ2n) is 9.13. The number of rotatable bonds is 7. The number of nitrogens with zero attached hydrogens (tertiary/aromatic N) is 1. The predicted molar refractivity (Wildman–Crippen MR) is 125 cm³/mol. The molecule has 0 aromatic heterocycles. The number of esters is 1. The minimum Gasteiger partial charge on any atom is -0.460 e. The van der Waals surface area contributed by atoms with Gasteiger partial charge < -0.3 is 20.1 Å². The van der Waals surface area contributed by atoms with E-state index in [0.717, 1.165) is 0 Å². The van der Waals surface area contributed by atoms with Gasteiger partial charge >= 0.3 is 12.1 Å². The molecular formula is C20H33Cl3N4O6. The lowest BCUT2D eigenvalue weighted by atomic mass is 10.0. The molecule has 3 amide bonds. The van der Waals surface area contributed by atoms with Crippen LogP contribution in [0.2, 0.25) is 0 Å². The third-order valence-electron chi connectivity index (χ3n) is 4.47. The molecule has 0 spiro atoms. The third-order valence-corrected chi connectivity index (χ3v) is 4.79. The van der Waals surface area contributed by atoms with E-state index < -0.39 is 58.0 Å². The van der Waals surface area contributed by atoms with Crippen molar-refractivity contribution in [3.8, 4) is 0 Å². The highest BCUT2D eigenvalue weighted by atomic mass is 35.6. The molecule has 0 aliphatic carbocycles. The van der Waals surface area contributed by atoms with Crippen LogP contribution >= 0.6 is 34.8 Å². The summed E-state index contributed by atoms with van der Waals surface area (Å²) in [6.07, 6.45) is 0.226. The minimum atomic E-state index is -1.74. The van der Waals surface area contributed by atoms with Gasteiger partial charge in [0.05, 0.1) is 0 Å². The summed E-state index contributed by atoms with van der Waals surface area (Å²) in [4.78, 5) is 49.9. The first-order valence-corrected chi connectivity index (χ1v) is 11.7. The van der Waals surface area contributed by atoms with Crippen LogP contribution in [0.5, 0.6) is 0 Å². The van der Waals surface area contributed by atoms with Crippen LogP contribution in [0.4, 0.5) is 4.79 Å². The van der Waals surface area contributed by atoms with Gasteiger partial charge in [-0.2, -0.15) is 0 Å². The van der Waals surface area contributed by atoms with E-state index >= 15 is 0 Å². The Morgan fingerprint density at radius 3 is 2.21 bits per heavy atom. The normalized spacial score (nSPS) is 18.8. The second-order valence-corrected chi connectivity index (χ2v) is 11.7. The fourth-order valence-electron chi connectivity index (χ4n) is 2.94. The van der Waals surface area contributed by atoms with Gasteiger partial charge in [0.1, 0.15) is 30.3 Å². The lowest BCUT2D eigenvalue weighted by Crippen LogP contribution is -2.61. The minimum absolute atomic E-state index is 0.259. The Hall–Kier alpha value is -1.49. The number of hydrogen-bond acceptors (Lipinski definition) is 7. The van der Waals surface area contributed by atoms with E-state index in [0.29, 0.717) is 19.4 Å². The van der Waals surface area contributed by atoms with E-state index in [1.807, 2.05) is 0 Å². The monoisotopic (exact) mass is 530 g/mol. The topological polar surface area (TPSA) is 126 Å². The standard InChI is InChI=1S/C20H33Cl3N4O6/c1-11(2)14(25-18(31)33-19(4,5)6)15(28)24-12(3)16(29)27-9-7-8-13(26-27)17(30)32-10-20(21,22)23/h11-14,26H,7-10H2,1-6H3,(H,24,28)(H,25,31)/t12?,13-,14-/m0/s1. The molecule has 1 aliphatic heterocycles. The third kappa shape index (κ3) is 11.0. The number of carbonyl (C=O) groups excluding carboxylic acids is 4. The molecule has 190 valence electrons. The van der Waals surface area contributed by atoms with Crippen LogP contribution in [0.3, 0.4) is 0 Å². The van der Waals surface area contributed by atoms with Gasteiger partial charge in [0.2, 0.25) is 9.70 Å². The Balaban J connectivity index is 2.70. The van der Waals surface area contributed by atoms with Gasteiger partial charge in [-0.15, -0.1) is 0 Å². The Morgan fingerprint density at radius 1 is 1.09 bits per heavy atom. The van der Waals surface area contributed by atoms with Gasteiger partial charge in [-0.1, -0.05) is 48.7 Å². The number of hydrogen-bond donors (Lipinski definition) is 3. The summed E-state index contributed by atoms with van der Waals surface area (Å²) in [5.74, 6) is -1.91. The number of hydrazine groups is 1. The molecule has 0 aromatic rings. The lowest BCUT2D eigenvalue weighted by Gasteiger charge is -2.34. The first-order chi connectivity index (χ1) is 15.0. The molecule has 1 unspecified atom stereocenters. The maximum atomic E-state index is 12.8. The molecule has 0 aromatic carbocycles. The molecule has 1 fully saturated rings. The number of ether oxygens (including phenoxy) is 2. The summed E-state index contributed by atoms with van der Waals surface area (Å²) < 4.78 is 8.44. The summed E-state index contributed by atoms with van der Waals surface area (Å²) in [6.45, 7) is 10.1. The molecule has 1 aliphatic rings. The van der Waals surface area contributed by atoms with E-state index in [1.165, 1.54) is 11.9 Å². The van der Waals surface area contributed by atoms with Crippen molar-refractivity contribution in [2.45, 2.75) is 81.9 Å². The number of alkyl halides is 3. The number of alkyl carbamates (subject to hydrolysis) is 1. The number of carbonyl (C=O) groups is 4. The van der Waals surface area contributed by atoms with Crippen molar-refractivity contribution in [2.75, 3.05) is 13.2 Å². The van der Waals surface area contributed by atoms with Gasteiger partial charge in [0.25, 0.3) is 5.91 Å². The van der Waals surface area contributed by atoms with Gasteiger partial charge in [0.15, 0.2) is 0 Å². The molecule has 1 rings (SSSR count). The number of halogens is 3. The molecule has 0 saturated carbocycles. The molecule has 0 radical (unpaired) electrons. The van der Waals surface area contributed by atoms with Gasteiger partial charge in [0, 0.05) is 6.54 Å². The Morgan fingerprint density at radius 2 is 1.70 bits per heavy atom. The van der Waals surface area contributed by atoms with Crippen molar-refractivity contribution in [2.24, 2.45) is 5.92 Å². The Kier molecular flexibility index (Phi) is 11.0. The average Bonchev–Trinajstić information content (AvgIpc) is 2.67. The fraction of sp³-hybridized carbons (Fsp3) is 0.800. The molecular weight excluding hydrogens is 499 g/mol. The van der Waals surface area contributed by atoms with Gasteiger partial charge in [-0.3, -0.25) is 19.4 Å². The van der Waals surface area contributed by atoms with Crippen LogP contribution < -0.4 is 16.1 Å². The maximum Gasteiger partial charge on any atom is 0.408 e. The first kappa shape index (κ1) is 29.5. The Labute approximate surface area is 209 Å². The highest BCUT2D eigenvalue weighted by molar-refractivity contribution is 6.67. The van der Waals surface area contributed by atoms with Crippen molar-refractivity contribution >= 4 is 58.7 Å². The molecule has 1 saturated heterocycles. The van der Waals surface area contributed by atoms with Crippen molar-refractivity contribution in [1.82, 2.24) is 21.1 Å². The van der Waals surface area contributed by atoms with Crippen molar-refractivity contribution < 1.29 is 28.7 Å². The summed E-state index contributed by atoms with van der Waals surface area (Å²) >= 11 is 16.8. The smallest absolute Gasteiger partial charge is 0.408 e. The summed E-state index contributed by atoms with van der Waals surface area (Å²) in [5, 5.41) is 6.40. The highest BCUT2D eigenvalue weighted by Crippen LogP contribution is 2.26. The predicted octanol–water partition coefficient (Wildman–Crippen LogP) is 2.45. The lowest BCUT2D eigenvalue weighted by molar-refractivity contribution is -0.152. The van der Waals surface area contributed by atoms with Crippen molar-refractivity contribution in [1.29, 1.82) is 0 Å². The van der Waals surface area contributed by atoms with Crippen LogP contribution in [-0.2, 0) is 23.9 Å². The molecule has 1 heterocycles. The zero-order chi connectivity index (χ0) is 25.6. The molecule has 0 bridgehead atoms. The molecule has 13 heteroatoms.